The molecule has 0 aliphatic carbocycles. The number of allylic oxidation sites excluding steroid dienone is 1. The van der Waals surface area contributed by atoms with Crippen molar-refractivity contribution in [2.24, 2.45) is 0 Å². The molecule has 0 atom stereocenters. The van der Waals surface area contributed by atoms with E-state index in [-0.39, 0.29) is 0 Å². The van der Waals surface area contributed by atoms with E-state index < -0.39 is 0 Å². The highest BCUT2D eigenvalue weighted by atomic mass is 16.5. The smallest absolute Gasteiger partial charge is 0.138 e. The molecule has 0 amide bonds. The van der Waals surface area contributed by atoms with Crippen molar-refractivity contribution in [2.45, 2.75) is 0 Å². The van der Waals surface area contributed by atoms with Crippen molar-refractivity contribution in [1.82, 2.24) is 4.90 Å². The average Bonchev–Trinajstić information content (AvgIpc) is 2.92. The van der Waals surface area contributed by atoms with Gasteiger partial charge in [-0.1, -0.05) is 18.2 Å². The molecule has 1 saturated heterocycles. The maximum atomic E-state index is 8.40. The third-order valence-electron chi connectivity index (χ3n) is 3.69. The predicted octanol–water partition coefficient (Wildman–Crippen LogP) is 2.23. The van der Waals surface area contributed by atoms with Gasteiger partial charge >= 0.3 is 0 Å². The van der Waals surface area contributed by atoms with Crippen LogP contribution in [0.25, 0.3) is 0 Å². The molecule has 108 valence electrons. The number of hydrogen-bond acceptors (Lipinski definition) is 4. The van der Waals surface area contributed by atoms with E-state index in [0.29, 0.717) is 19.0 Å². The predicted molar refractivity (Wildman–Crippen MR) is 84.0 cm³/mol. The number of benzene rings is 1. The molecule has 3 rings (SSSR count). The van der Waals surface area contributed by atoms with Crippen LogP contribution in [-0.2, 0) is 4.74 Å². The lowest BCUT2D eigenvalue weighted by atomic mass is 10.1. The van der Waals surface area contributed by atoms with Gasteiger partial charge in [0.1, 0.15) is 5.84 Å². The summed E-state index contributed by atoms with van der Waals surface area (Å²) in [4.78, 5) is 3.94. The van der Waals surface area contributed by atoms with Crippen LogP contribution < -0.4 is 4.90 Å². The van der Waals surface area contributed by atoms with Crippen molar-refractivity contribution in [1.29, 1.82) is 10.8 Å². The summed E-state index contributed by atoms with van der Waals surface area (Å²) in [5.74, 6) is 0.409. The van der Waals surface area contributed by atoms with Crippen LogP contribution in [0.4, 0.5) is 5.69 Å². The summed E-state index contributed by atoms with van der Waals surface area (Å²) in [6.45, 7) is 2.87. The van der Waals surface area contributed by atoms with Crippen LogP contribution >= 0.6 is 0 Å². The second kappa shape index (κ2) is 5.93. The Morgan fingerprint density at radius 2 is 1.86 bits per heavy atom. The molecule has 1 fully saturated rings. The molecule has 0 unspecified atom stereocenters. The molecule has 2 heterocycles. The first-order chi connectivity index (χ1) is 10.3. The zero-order valence-electron chi connectivity index (χ0n) is 11.7. The average molecular weight is 282 g/mol. The van der Waals surface area contributed by atoms with E-state index in [0.717, 1.165) is 30.0 Å². The SMILES string of the molecule is N=C/C(=C1/C=CN(c2ccccc2)C1=N)N1CCOCC1. The fraction of sp³-hybridized carbons (Fsp3) is 0.250. The Balaban J connectivity index is 1.89. The van der Waals surface area contributed by atoms with Gasteiger partial charge in [-0.25, -0.2) is 0 Å². The Morgan fingerprint density at radius 1 is 1.14 bits per heavy atom. The molecule has 21 heavy (non-hydrogen) atoms. The van der Waals surface area contributed by atoms with Gasteiger partial charge in [-0.2, -0.15) is 0 Å². The van der Waals surface area contributed by atoms with Crippen molar-refractivity contribution >= 4 is 17.7 Å². The van der Waals surface area contributed by atoms with Crippen molar-refractivity contribution < 1.29 is 4.74 Å². The number of para-hydroxylation sites is 1. The minimum atomic E-state index is 0.409. The molecular weight excluding hydrogens is 264 g/mol. The van der Waals surface area contributed by atoms with E-state index >= 15 is 0 Å². The Kier molecular flexibility index (Phi) is 3.83. The highest BCUT2D eigenvalue weighted by molar-refractivity contribution is 6.15. The third kappa shape index (κ3) is 2.60. The van der Waals surface area contributed by atoms with Gasteiger partial charge in [-0.15, -0.1) is 0 Å². The molecule has 1 aromatic rings. The lowest BCUT2D eigenvalue weighted by Gasteiger charge is -2.30. The summed E-state index contributed by atoms with van der Waals surface area (Å²) in [7, 11) is 0. The normalized spacial score (nSPS) is 20.9. The van der Waals surface area contributed by atoms with Gasteiger partial charge in [-0.3, -0.25) is 5.41 Å². The first-order valence-electron chi connectivity index (χ1n) is 7.00. The number of nitrogens with one attached hydrogen (secondary N) is 2. The van der Waals surface area contributed by atoms with Crippen LogP contribution in [0.2, 0.25) is 0 Å². The van der Waals surface area contributed by atoms with E-state index in [1.54, 1.807) is 0 Å². The zero-order chi connectivity index (χ0) is 14.7. The number of nitrogens with zero attached hydrogens (tertiary/aromatic N) is 2. The second-order valence-electron chi connectivity index (χ2n) is 4.91. The molecule has 5 nitrogen and oxygen atoms in total. The Hall–Kier alpha value is -2.40. The van der Waals surface area contributed by atoms with Crippen LogP contribution in [0.3, 0.4) is 0 Å². The van der Waals surface area contributed by atoms with E-state index in [4.69, 9.17) is 15.6 Å². The molecule has 2 aliphatic heterocycles. The van der Waals surface area contributed by atoms with Crippen LogP contribution in [-0.4, -0.2) is 43.3 Å². The van der Waals surface area contributed by atoms with Crippen LogP contribution in [0.5, 0.6) is 0 Å². The highest BCUT2D eigenvalue weighted by Crippen LogP contribution is 2.25. The first-order valence-corrected chi connectivity index (χ1v) is 7.00. The van der Waals surface area contributed by atoms with Crippen molar-refractivity contribution in [3.05, 3.63) is 53.9 Å². The number of anilines is 1. The van der Waals surface area contributed by atoms with E-state index in [2.05, 4.69) is 4.90 Å². The Labute approximate surface area is 124 Å². The number of hydrogen-bond donors (Lipinski definition) is 2. The highest BCUT2D eigenvalue weighted by Gasteiger charge is 2.24. The van der Waals surface area contributed by atoms with Crippen molar-refractivity contribution in [3.8, 4) is 0 Å². The monoisotopic (exact) mass is 282 g/mol. The zero-order valence-corrected chi connectivity index (χ0v) is 11.7. The summed E-state index contributed by atoms with van der Waals surface area (Å²) in [6, 6.07) is 9.82. The molecule has 0 spiro atoms. The molecule has 2 N–H and O–H groups in total. The van der Waals surface area contributed by atoms with E-state index in [1.807, 2.05) is 47.5 Å². The molecule has 0 bridgehead atoms. The summed E-state index contributed by atoms with van der Waals surface area (Å²) in [5.41, 5.74) is 2.54. The lowest BCUT2D eigenvalue weighted by Crippen LogP contribution is -2.37. The van der Waals surface area contributed by atoms with Gasteiger partial charge in [0.25, 0.3) is 0 Å². The van der Waals surface area contributed by atoms with E-state index in [9.17, 15) is 0 Å². The lowest BCUT2D eigenvalue weighted by molar-refractivity contribution is 0.0565. The topological polar surface area (TPSA) is 63.4 Å². The quantitative estimate of drug-likeness (QED) is 0.836. The maximum Gasteiger partial charge on any atom is 0.138 e. The van der Waals surface area contributed by atoms with Crippen LogP contribution in [0, 0.1) is 10.8 Å². The fourth-order valence-electron chi connectivity index (χ4n) is 2.59. The van der Waals surface area contributed by atoms with Gasteiger partial charge < -0.3 is 19.9 Å². The number of rotatable bonds is 3. The third-order valence-corrected chi connectivity index (χ3v) is 3.69. The van der Waals surface area contributed by atoms with Gasteiger partial charge in [0.2, 0.25) is 0 Å². The van der Waals surface area contributed by atoms with Crippen molar-refractivity contribution in [2.75, 3.05) is 31.2 Å². The second-order valence-corrected chi connectivity index (χ2v) is 4.91. The van der Waals surface area contributed by atoms with Gasteiger partial charge in [-0.05, 0) is 18.2 Å². The standard InChI is InChI=1S/C16H18N4O/c17-12-15(19-8-10-21-11-9-19)14-6-7-20(16(14)18)13-4-2-1-3-5-13/h1-7,12,17-18H,8-11H2/b15-14+,17-12?,18-16?. The van der Waals surface area contributed by atoms with Crippen LogP contribution in [0.1, 0.15) is 0 Å². The van der Waals surface area contributed by atoms with E-state index in [1.165, 1.54) is 6.21 Å². The minimum Gasteiger partial charge on any atom is -0.378 e. The Morgan fingerprint density at radius 3 is 2.52 bits per heavy atom. The molecule has 5 heteroatoms. The molecule has 0 radical (unpaired) electrons. The number of morpholine rings is 1. The van der Waals surface area contributed by atoms with Crippen LogP contribution in [0.15, 0.2) is 53.9 Å². The summed E-state index contributed by atoms with van der Waals surface area (Å²) in [5, 5.41) is 16.1. The largest absolute Gasteiger partial charge is 0.378 e. The molecule has 0 saturated carbocycles. The molecular formula is C16H18N4O. The summed E-state index contributed by atoms with van der Waals surface area (Å²) < 4.78 is 5.35. The minimum absolute atomic E-state index is 0.409. The van der Waals surface area contributed by atoms with Gasteiger partial charge in [0, 0.05) is 36.8 Å². The van der Waals surface area contributed by atoms with Gasteiger partial charge in [0.05, 0.1) is 18.9 Å². The molecule has 2 aliphatic rings. The summed E-state index contributed by atoms with van der Waals surface area (Å²) in [6.07, 6.45) is 5.14. The fourth-order valence-corrected chi connectivity index (χ4v) is 2.59. The number of ether oxygens (including phenoxy) is 1. The van der Waals surface area contributed by atoms with Crippen molar-refractivity contribution in [3.63, 3.8) is 0 Å². The Bertz CT molecular complexity index is 600. The number of amidine groups is 1. The van der Waals surface area contributed by atoms with Gasteiger partial charge in [0.15, 0.2) is 0 Å². The molecule has 1 aromatic carbocycles. The first kappa shape index (κ1) is 13.6. The summed E-state index contributed by atoms with van der Waals surface area (Å²) >= 11 is 0. The molecule has 0 aromatic heterocycles. The maximum absolute atomic E-state index is 8.40.